The fourth-order valence-corrected chi connectivity index (χ4v) is 3.13. The van der Waals surface area contributed by atoms with Crippen LogP contribution in [0, 0.1) is 0 Å². The predicted molar refractivity (Wildman–Crippen MR) is 99.5 cm³/mol. The lowest BCUT2D eigenvalue weighted by atomic mass is 10.3. The minimum Gasteiger partial charge on any atom is -0.381 e. The number of aromatic amines is 2. The summed E-state index contributed by atoms with van der Waals surface area (Å²) >= 11 is 0. The highest BCUT2D eigenvalue weighted by molar-refractivity contribution is 5.75. The van der Waals surface area contributed by atoms with E-state index in [0.29, 0.717) is 0 Å². The lowest BCUT2D eigenvalue weighted by Crippen LogP contribution is -1.88. The summed E-state index contributed by atoms with van der Waals surface area (Å²) in [6.07, 6.45) is 4.07. The van der Waals surface area contributed by atoms with E-state index in [4.69, 9.17) is 0 Å². The van der Waals surface area contributed by atoms with Crippen LogP contribution in [-0.4, -0.2) is 15.0 Å². The van der Waals surface area contributed by atoms with Crippen molar-refractivity contribution in [1.29, 1.82) is 0 Å². The zero-order valence-corrected chi connectivity index (χ0v) is 13.0. The third-order valence-electron chi connectivity index (χ3n) is 4.24. The standard InChI is InChI=1S/C20H16N4/c1-2-15-9-16-3-4-17(23-16)10-18-5-6-19(24-18)11-20-8-13(12-21-20)7-14(1)22-15/h1-11,21-22,24H,12H2. The van der Waals surface area contributed by atoms with Gasteiger partial charge in [0, 0.05) is 34.3 Å². The molecule has 2 aliphatic heterocycles. The first kappa shape index (κ1) is 13.2. The number of nitrogens with zero attached hydrogens (tertiary/aromatic N) is 1. The van der Waals surface area contributed by atoms with Gasteiger partial charge in [-0.3, -0.25) is 0 Å². The van der Waals surface area contributed by atoms with E-state index in [1.807, 2.05) is 12.2 Å². The molecule has 5 heterocycles. The number of rotatable bonds is 0. The second kappa shape index (κ2) is 5.13. The number of hydrogen-bond donors (Lipinski definition) is 3. The molecule has 3 aromatic heterocycles. The van der Waals surface area contributed by atoms with Crippen LogP contribution in [0.3, 0.4) is 0 Å². The van der Waals surface area contributed by atoms with Crippen molar-refractivity contribution in [2.45, 2.75) is 6.54 Å². The summed E-state index contributed by atoms with van der Waals surface area (Å²) in [5.41, 5.74) is 8.57. The predicted octanol–water partition coefficient (Wildman–Crippen LogP) is 4.70. The molecule has 0 aliphatic carbocycles. The van der Waals surface area contributed by atoms with Crippen molar-refractivity contribution in [3.8, 4) is 0 Å². The number of H-pyrrole nitrogens is 2. The van der Waals surface area contributed by atoms with Crippen molar-refractivity contribution in [2.24, 2.45) is 0 Å². The van der Waals surface area contributed by atoms with Crippen molar-refractivity contribution >= 4 is 39.9 Å². The van der Waals surface area contributed by atoms with Crippen LogP contribution in [0.2, 0.25) is 0 Å². The second-order valence-corrected chi connectivity index (χ2v) is 6.14. The molecule has 4 heteroatoms. The lowest BCUT2D eigenvalue weighted by Gasteiger charge is -1.92. The van der Waals surface area contributed by atoms with E-state index in [-0.39, 0.29) is 0 Å². The van der Waals surface area contributed by atoms with Gasteiger partial charge in [0.1, 0.15) is 0 Å². The first-order valence-corrected chi connectivity index (χ1v) is 8.02. The van der Waals surface area contributed by atoms with E-state index in [2.05, 4.69) is 74.9 Å². The molecule has 0 radical (unpaired) electrons. The average molecular weight is 312 g/mol. The highest BCUT2D eigenvalue weighted by Crippen LogP contribution is 2.20. The Bertz CT molecular complexity index is 1030. The second-order valence-electron chi connectivity index (χ2n) is 6.14. The first-order valence-electron chi connectivity index (χ1n) is 8.02. The maximum Gasteiger partial charge on any atom is 0.0658 e. The smallest absolute Gasteiger partial charge is 0.0658 e. The molecule has 3 N–H and O–H groups in total. The van der Waals surface area contributed by atoms with E-state index in [1.165, 1.54) is 5.56 Å². The maximum absolute atomic E-state index is 4.65. The van der Waals surface area contributed by atoms with Crippen molar-refractivity contribution in [2.75, 3.05) is 5.32 Å². The summed E-state index contributed by atoms with van der Waals surface area (Å²) in [6.45, 7) is 0.844. The Morgan fingerprint density at radius 2 is 1.25 bits per heavy atom. The van der Waals surface area contributed by atoms with Gasteiger partial charge in [-0.25, -0.2) is 4.98 Å². The third kappa shape index (κ3) is 2.48. The molecule has 5 rings (SSSR count). The Balaban J connectivity index is 1.84. The Labute approximate surface area is 138 Å². The molecule has 0 spiro atoms. The lowest BCUT2D eigenvalue weighted by molar-refractivity contribution is 1.22. The molecular weight excluding hydrogens is 296 g/mol. The number of anilines is 1. The van der Waals surface area contributed by atoms with Gasteiger partial charge in [-0.2, -0.15) is 0 Å². The molecule has 0 fully saturated rings. The van der Waals surface area contributed by atoms with Gasteiger partial charge in [-0.1, -0.05) is 0 Å². The third-order valence-corrected chi connectivity index (χ3v) is 4.24. The van der Waals surface area contributed by atoms with E-state index in [1.54, 1.807) is 0 Å². The summed E-state index contributed by atoms with van der Waals surface area (Å²) in [7, 11) is 0. The van der Waals surface area contributed by atoms with Crippen LogP contribution in [0.15, 0.2) is 54.6 Å². The minimum atomic E-state index is 0.844. The van der Waals surface area contributed by atoms with Gasteiger partial charge in [-0.15, -0.1) is 0 Å². The Morgan fingerprint density at radius 3 is 1.92 bits per heavy atom. The summed E-state index contributed by atoms with van der Waals surface area (Å²) in [5, 5.41) is 3.42. The highest BCUT2D eigenvalue weighted by atomic mass is 14.9. The van der Waals surface area contributed by atoms with Gasteiger partial charge >= 0.3 is 0 Å². The van der Waals surface area contributed by atoms with Crippen LogP contribution in [0.1, 0.15) is 17.0 Å². The van der Waals surface area contributed by atoms with Gasteiger partial charge < -0.3 is 15.3 Å². The van der Waals surface area contributed by atoms with Gasteiger partial charge in [0.25, 0.3) is 0 Å². The van der Waals surface area contributed by atoms with Crippen molar-refractivity contribution in [3.63, 3.8) is 0 Å². The summed E-state index contributed by atoms with van der Waals surface area (Å²) in [6, 6.07) is 18.9. The monoisotopic (exact) mass is 312 g/mol. The van der Waals surface area contributed by atoms with Gasteiger partial charge in [0.15, 0.2) is 0 Å². The molecule has 0 unspecified atom stereocenters. The average Bonchev–Trinajstić information content (AvgIpc) is 3.32. The van der Waals surface area contributed by atoms with Crippen molar-refractivity contribution in [3.05, 3.63) is 71.5 Å². The molecule has 8 bridgehead atoms. The molecule has 0 saturated heterocycles. The van der Waals surface area contributed by atoms with Crippen LogP contribution in [0.5, 0.6) is 0 Å². The van der Waals surface area contributed by atoms with E-state index in [9.17, 15) is 0 Å². The molecule has 4 nitrogen and oxygen atoms in total. The molecule has 0 atom stereocenters. The SMILES string of the molecule is C1=Cc2cc3ccc(cc4cc(cc5ccc(cc1n2)[nH]5)CN4)[nH]3. The molecular formula is C20H16N4. The normalized spacial score (nSPS) is 13.0. The largest absolute Gasteiger partial charge is 0.381 e. The molecule has 0 amide bonds. The summed E-state index contributed by atoms with van der Waals surface area (Å²) < 4.78 is 0. The molecule has 0 aromatic carbocycles. The van der Waals surface area contributed by atoms with E-state index in [0.717, 1.165) is 45.7 Å². The maximum atomic E-state index is 4.65. The van der Waals surface area contributed by atoms with Gasteiger partial charge in [-0.05, 0) is 72.3 Å². The fourth-order valence-electron chi connectivity index (χ4n) is 3.13. The van der Waals surface area contributed by atoms with E-state index < -0.39 is 0 Å². The van der Waals surface area contributed by atoms with Crippen molar-refractivity contribution in [1.82, 2.24) is 15.0 Å². The van der Waals surface area contributed by atoms with Gasteiger partial charge in [0.2, 0.25) is 0 Å². The number of fused-ring (bicyclic) bond motifs is 8. The molecule has 116 valence electrons. The summed E-state index contributed by atoms with van der Waals surface area (Å²) in [4.78, 5) is 11.5. The van der Waals surface area contributed by atoms with Crippen molar-refractivity contribution < 1.29 is 0 Å². The molecule has 24 heavy (non-hydrogen) atoms. The zero-order chi connectivity index (χ0) is 15.9. The molecule has 0 saturated carbocycles. The first-order chi connectivity index (χ1) is 11.8. The van der Waals surface area contributed by atoms with Crippen LogP contribution < -0.4 is 5.32 Å². The Hall–Kier alpha value is -3.27. The topological polar surface area (TPSA) is 56.5 Å². The van der Waals surface area contributed by atoms with Crippen LogP contribution in [-0.2, 0) is 6.54 Å². The molecule has 2 aliphatic rings. The number of hydrogen-bond acceptors (Lipinski definition) is 2. The minimum absolute atomic E-state index is 0.844. The number of aromatic nitrogens is 3. The van der Waals surface area contributed by atoms with Gasteiger partial charge in [0.05, 0.1) is 11.4 Å². The van der Waals surface area contributed by atoms with Crippen LogP contribution >= 0.6 is 0 Å². The van der Waals surface area contributed by atoms with E-state index >= 15 is 0 Å². The Kier molecular flexibility index (Phi) is 2.82. The Morgan fingerprint density at radius 1 is 0.667 bits per heavy atom. The number of nitrogens with one attached hydrogen (secondary N) is 3. The highest BCUT2D eigenvalue weighted by Gasteiger charge is 2.03. The zero-order valence-electron chi connectivity index (χ0n) is 13.0. The van der Waals surface area contributed by atoms with Crippen LogP contribution in [0.25, 0.3) is 34.2 Å². The quantitative estimate of drug-likeness (QED) is 0.441. The fraction of sp³-hybridized carbons (Fsp3) is 0.0500. The summed E-state index contributed by atoms with van der Waals surface area (Å²) in [5.74, 6) is 0. The van der Waals surface area contributed by atoms with Crippen LogP contribution in [0.4, 0.5) is 5.69 Å². The molecule has 3 aromatic rings.